The van der Waals surface area contributed by atoms with Gasteiger partial charge in [-0.1, -0.05) is 25.1 Å². The minimum atomic E-state index is -0.731. The number of hydrogen-bond donors (Lipinski definition) is 2. The number of aryl methyl sites for hydroxylation is 2. The van der Waals surface area contributed by atoms with Gasteiger partial charge in [-0.2, -0.15) is 4.98 Å². The molecule has 0 aliphatic carbocycles. The summed E-state index contributed by atoms with van der Waals surface area (Å²) in [6, 6.07) is 4.24. The molecule has 1 heterocycles. The van der Waals surface area contributed by atoms with Crippen LogP contribution in [0.25, 0.3) is 0 Å². The minimum absolute atomic E-state index is 0.142. The summed E-state index contributed by atoms with van der Waals surface area (Å²) in [5, 5.41) is 17.4. The molecular formula is C16H22FN3O2. The highest BCUT2D eigenvalue weighted by atomic mass is 19.1. The summed E-state index contributed by atoms with van der Waals surface area (Å²) in [6.45, 7) is 7.93. The zero-order valence-corrected chi connectivity index (χ0v) is 13.3. The van der Waals surface area contributed by atoms with E-state index < -0.39 is 6.10 Å². The molecule has 0 amide bonds. The van der Waals surface area contributed by atoms with Crippen LogP contribution < -0.4 is 5.32 Å². The highest BCUT2D eigenvalue weighted by Gasteiger charge is 2.23. The first-order valence-corrected chi connectivity index (χ1v) is 7.36. The number of aromatic nitrogens is 2. The molecule has 0 fully saturated rings. The van der Waals surface area contributed by atoms with Crippen LogP contribution >= 0.6 is 0 Å². The summed E-state index contributed by atoms with van der Waals surface area (Å²) in [6.07, 6.45) is -0.731. The van der Waals surface area contributed by atoms with Crippen molar-refractivity contribution in [3.05, 3.63) is 46.9 Å². The van der Waals surface area contributed by atoms with Crippen LogP contribution in [0.2, 0.25) is 0 Å². The zero-order chi connectivity index (χ0) is 16.3. The maximum absolute atomic E-state index is 13.1. The van der Waals surface area contributed by atoms with Crippen LogP contribution in [0.3, 0.4) is 0 Å². The number of benzene rings is 1. The quantitative estimate of drug-likeness (QED) is 0.858. The SMILES string of the molecule is Cc1noc(C(NCC(O)c2ccc(F)cc2C)C(C)C)n1. The molecule has 1 aromatic heterocycles. The summed E-state index contributed by atoms with van der Waals surface area (Å²) >= 11 is 0. The van der Waals surface area contributed by atoms with Crippen LogP contribution in [0.1, 0.15) is 48.8 Å². The number of rotatable bonds is 6. The molecule has 2 atom stereocenters. The molecule has 0 bridgehead atoms. The first-order chi connectivity index (χ1) is 10.4. The summed E-state index contributed by atoms with van der Waals surface area (Å²) < 4.78 is 18.3. The van der Waals surface area contributed by atoms with Crippen LogP contribution in [0.5, 0.6) is 0 Å². The van der Waals surface area contributed by atoms with Crippen molar-refractivity contribution in [3.8, 4) is 0 Å². The lowest BCUT2D eigenvalue weighted by Crippen LogP contribution is -2.30. The van der Waals surface area contributed by atoms with Gasteiger partial charge in [-0.15, -0.1) is 0 Å². The molecule has 1 aromatic carbocycles. The van der Waals surface area contributed by atoms with Gasteiger partial charge < -0.3 is 14.9 Å². The molecule has 22 heavy (non-hydrogen) atoms. The van der Waals surface area contributed by atoms with Crippen LogP contribution in [0.4, 0.5) is 4.39 Å². The first-order valence-electron chi connectivity index (χ1n) is 7.36. The van der Waals surface area contributed by atoms with E-state index in [1.165, 1.54) is 12.1 Å². The van der Waals surface area contributed by atoms with E-state index in [1.54, 1.807) is 19.9 Å². The molecule has 0 aliphatic rings. The molecule has 2 rings (SSSR count). The fraction of sp³-hybridized carbons (Fsp3) is 0.500. The molecule has 0 radical (unpaired) electrons. The minimum Gasteiger partial charge on any atom is -0.387 e. The molecule has 6 heteroatoms. The standard InChI is InChI=1S/C16H22FN3O2/c1-9(2)15(16-19-11(4)20-22-16)18-8-14(21)13-6-5-12(17)7-10(13)3/h5-7,9,14-15,18,21H,8H2,1-4H3. The number of aliphatic hydroxyl groups is 1. The predicted octanol–water partition coefficient (Wildman–Crippen LogP) is 2.85. The third-order valence-electron chi connectivity index (χ3n) is 3.60. The van der Waals surface area contributed by atoms with Gasteiger partial charge in [0.15, 0.2) is 5.82 Å². The van der Waals surface area contributed by atoms with Gasteiger partial charge in [0.25, 0.3) is 0 Å². The predicted molar refractivity (Wildman–Crippen MR) is 80.7 cm³/mol. The van der Waals surface area contributed by atoms with Crippen LogP contribution in [0, 0.1) is 25.6 Å². The molecule has 120 valence electrons. The number of hydrogen-bond acceptors (Lipinski definition) is 5. The Kier molecular flexibility index (Phi) is 5.26. The van der Waals surface area contributed by atoms with Crippen molar-refractivity contribution < 1.29 is 14.0 Å². The largest absolute Gasteiger partial charge is 0.387 e. The lowest BCUT2D eigenvalue weighted by atomic mass is 10.0. The average Bonchev–Trinajstić information content (AvgIpc) is 2.84. The van der Waals surface area contributed by atoms with E-state index in [-0.39, 0.29) is 17.8 Å². The van der Waals surface area contributed by atoms with Crippen molar-refractivity contribution in [3.63, 3.8) is 0 Å². The number of nitrogens with one attached hydrogen (secondary N) is 1. The monoisotopic (exact) mass is 307 g/mol. The maximum atomic E-state index is 13.1. The summed E-state index contributed by atoms with van der Waals surface area (Å²) in [7, 11) is 0. The van der Waals surface area contributed by atoms with Crippen molar-refractivity contribution in [2.75, 3.05) is 6.54 Å². The first kappa shape index (κ1) is 16.6. The zero-order valence-electron chi connectivity index (χ0n) is 13.3. The Morgan fingerprint density at radius 1 is 1.32 bits per heavy atom. The van der Waals surface area contributed by atoms with E-state index >= 15 is 0 Å². The summed E-state index contributed by atoms with van der Waals surface area (Å²) in [4.78, 5) is 4.24. The molecule has 0 saturated carbocycles. The third-order valence-corrected chi connectivity index (χ3v) is 3.60. The van der Waals surface area contributed by atoms with Gasteiger partial charge in [0, 0.05) is 6.54 Å². The van der Waals surface area contributed by atoms with Gasteiger partial charge in [0.05, 0.1) is 12.1 Å². The Balaban J connectivity index is 2.06. The van der Waals surface area contributed by atoms with Gasteiger partial charge in [-0.25, -0.2) is 4.39 Å². The Morgan fingerprint density at radius 3 is 2.59 bits per heavy atom. The highest BCUT2D eigenvalue weighted by molar-refractivity contribution is 5.28. The molecule has 2 N–H and O–H groups in total. The van der Waals surface area contributed by atoms with Gasteiger partial charge >= 0.3 is 0 Å². The Hall–Kier alpha value is -1.79. The Morgan fingerprint density at radius 2 is 2.05 bits per heavy atom. The van der Waals surface area contributed by atoms with Gasteiger partial charge in [-0.3, -0.25) is 0 Å². The van der Waals surface area contributed by atoms with Crippen molar-refractivity contribution in [1.82, 2.24) is 15.5 Å². The molecule has 0 aliphatic heterocycles. The molecule has 2 aromatic rings. The van der Waals surface area contributed by atoms with Crippen molar-refractivity contribution in [2.45, 2.75) is 39.8 Å². The van der Waals surface area contributed by atoms with Crippen molar-refractivity contribution >= 4 is 0 Å². The maximum Gasteiger partial charge on any atom is 0.244 e. The Labute approximate surface area is 129 Å². The normalized spacial score (nSPS) is 14.3. The second-order valence-corrected chi connectivity index (χ2v) is 5.83. The van der Waals surface area contributed by atoms with Crippen molar-refractivity contribution in [1.29, 1.82) is 0 Å². The number of nitrogens with zero attached hydrogens (tertiary/aromatic N) is 2. The second kappa shape index (κ2) is 6.98. The molecule has 0 spiro atoms. The lowest BCUT2D eigenvalue weighted by molar-refractivity contribution is 0.159. The van der Waals surface area contributed by atoms with E-state index in [2.05, 4.69) is 15.5 Å². The Bertz CT molecular complexity index is 628. The number of halogens is 1. The fourth-order valence-corrected chi connectivity index (χ4v) is 2.41. The van der Waals surface area contributed by atoms with Gasteiger partial charge in [0.1, 0.15) is 5.82 Å². The smallest absolute Gasteiger partial charge is 0.244 e. The van der Waals surface area contributed by atoms with Gasteiger partial charge in [0.2, 0.25) is 5.89 Å². The van der Waals surface area contributed by atoms with E-state index in [0.717, 1.165) is 5.56 Å². The third kappa shape index (κ3) is 3.90. The van der Waals surface area contributed by atoms with Crippen molar-refractivity contribution in [2.24, 2.45) is 5.92 Å². The molecular weight excluding hydrogens is 285 g/mol. The summed E-state index contributed by atoms with van der Waals surface area (Å²) in [5.41, 5.74) is 1.43. The lowest BCUT2D eigenvalue weighted by Gasteiger charge is -2.21. The topological polar surface area (TPSA) is 71.2 Å². The van der Waals surface area contributed by atoms with Crippen LogP contribution in [0.15, 0.2) is 22.7 Å². The highest BCUT2D eigenvalue weighted by Crippen LogP contribution is 2.23. The van der Waals surface area contributed by atoms with E-state index in [4.69, 9.17) is 4.52 Å². The average molecular weight is 307 g/mol. The number of aliphatic hydroxyl groups excluding tert-OH is 1. The molecule has 5 nitrogen and oxygen atoms in total. The van der Waals surface area contributed by atoms with Crippen LogP contribution in [-0.2, 0) is 0 Å². The summed E-state index contributed by atoms with van der Waals surface area (Å²) in [5.74, 6) is 1.01. The van der Waals surface area contributed by atoms with E-state index in [1.807, 2.05) is 13.8 Å². The second-order valence-electron chi connectivity index (χ2n) is 5.83. The fourth-order valence-electron chi connectivity index (χ4n) is 2.41. The molecule has 0 saturated heterocycles. The van der Waals surface area contributed by atoms with Crippen LogP contribution in [-0.4, -0.2) is 21.8 Å². The van der Waals surface area contributed by atoms with E-state index in [9.17, 15) is 9.50 Å². The van der Waals surface area contributed by atoms with Gasteiger partial charge in [-0.05, 0) is 43.0 Å². The molecule has 2 unspecified atom stereocenters. The van der Waals surface area contributed by atoms with E-state index in [0.29, 0.717) is 23.8 Å².